The molecular weight excluding hydrogens is 467 g/mol. The van der Waals surface area contributed by atoms with Crippen molar-refractivity contribution in [3.8, 4) is 0 Å². The Bertz CT molecular complexity index is 727. The normalized spacial score (nSPS) is 15.4. The van der Waals surface area contributed by atoms with Crippen LogP contribution in [0.15, 0.2) is 34.6 Å². The van der Waals surface area contributed by atoms with Crippen LogP contribution < -0.4 is 10.6 Å². The van der Waals surface area contributed by atoms with E-state index in [0.717, 1.165) is 41.2 Å². The van der Waals surface area contributed by atoms with Crippen LogP contribution in [0.5, 0.6) is 0 Å². The van der Waals surface area contributed by atoms with E-state index >= 15 is 0 Å². The molecule has 1 aromatic heterocycles. The maximum absolute atomic E-state index is 6.14. The van der Waals surface area contributed by atoms with Crippen LogP contribution in [0.4, 0.5) is 0 Å². The van der Waals surface area contributed by atoms with E-state index in [2.05, 4.69) is 38.1 Å². The molecule has 0 atom stereocenters. The Labute approximate surface area is 175 Å². The monoisotopic (exact) mass is 490 g/mol. The van der Waals surface area contributed by atoms with Gasteiger partial charge in [-0.1, -0.05) is 23.7 Å². The summed E-state index contributed by atoms with van der Waals surface area (Å²) in [5, 5.41) is 10.9. The molecule has 0 unspecified atom stereocenters. The molecule has 1 aliphatic rings. The summed E-state index contributed by atoms with van der Waals surface area (Å²) in [5.41, 5.74) is 2.66. The molecule has 2 aromatic rings. The summed E-state index contributed by atoms with van der Waals surface area (Å²) >= 11 is 7.83. The van der Waals surface area contributed by atoms with Gasteiger partial charge in [0.15, 0.2) is 5.96 Å². The van der Waals surface area contributed by atoms with Gasteiger partial charge in [0.25, 0.3) is 0 Å². The Morgan fingerprint density at radius 2 is 2.16 bits per heavy atom. The van der Waals surface area contributed by atoms with Crippen LogP contribution in [0.1, 0.15) is 29.1 Å². The van der Waals surface area contributed by atoms with Crippen molar-refractivity contribution < 1.29 is 0 Å². The van der Waals surface area contributed by atoms with E-state index in [1.165, 1.54) is 18.4 Å². The minimum absolute atomic E-state index is 0. The van der Waals surface area contributed by atoms with E-state index in [0.29, 0.717) is 0 Å². The largest absolute Gasteiger partial charge is 0.356 e. The number of thiazole rings is 1. The Kier molecular flexibility index (Phi) is 7.51. The van der Waals surface area contributed by atoms with Crippen LogP contribution in [-0.4, -0.2) is 31.1 Å². The molecule has 0 amide bonds. The quantitative estimate of drug-likeness (QED) is 0.363. The number of rotatable bonds is 6. The van der Waals surface area contributed by atoms with Crippen molar-refractivity contribution in [3.05, 3.63) is 50.9 Å². The predicted octanol–water partition coefficient (Wildman–Crippen LogP) is 4.16. The van der Waals surface area contributed by atoms with Gasteiger partial charge in [0.1, 0.15) is 0 Å². The second kappa shape index (κ2) is 9.19. The molecule has 0 spiro atoms. The van der Waals surface area contributed by atoms with Gasteiger partial charge in [0.05, 0.1) is 10.7 Å². The standard InChI is InChI=1S/C18H23ClN4S.HI/c1-13-23-16(11-24-13)6-9-21-17(20-2)22-12-18(7-8-18)14-4-3-5-15(19)10-14;/h3-5,10-11H,6-9,12H2,1-2H3,(H2,20,21,22);1H. The van der Waals surface area contributed by atoms with Crippen LogP contribution in [0.3, 0.4) is 0 Å². The molecule has 1 saturated carbocycles. The first-order valence-corrected chi connectivity index (χ1v) is 9.49. The summed E-state index contributed by atoms with van der Waals surface area (Å²) < 4.78 is 0. The number of nitrogens with zero attached hydrogens (tertiary/aromatic N) is 2. The number of halogens is 2. The molecular formula is C18H24ClIN4S. The zero-order chi connectivity index (χ0) is 17.0. The molecule has 0 saturated heterocycles. The molecule has 136 valence electrons. The van der Waals surface area contributed by atoms with Gasteiger partial charge in [-0.25, -0.2) is 4.98 Å². The maximum atomic E-state index is 6.14. The number of aliphatic imine (C=N–C) groups is 1. The molecule has 0 radical (unpaired) electrons. The Morgan fingerprint density at radius 1 is 1.36 bits per heavy atom. The van der Waals surface area contributed by atoms with Crippen molar-refractivity contribution in [2.75, 3.05) is 20.1 Å². The number of aromatic nitrogens is 1. The number of aryl methyl sites for hydroxylation is 1. The van der Waals surface area contributed by atoms with Crippen molar-refractivity contribution >= 4 is 52.9 Å². The van der Waals surface area contributed by atoms with Gasteiger partial charge in [0.2, 0.25) is 0 Å². The Balaban J connectivity index is 0.00000225. The second-order valence-corrected chi connectivity index (χ2v) is 7.75. The predicted molar refractivity (Wildman–Crippen MR) is 118 cm³/mol. The van der Waals surface area contributed by atoms with E-state index in [4.69, 9.17) is 11.6 Å². The fourth-order valence-corrected chi connectivity index (χ4v) is 3.68. The van der Waals surface area contributed by atoms with Gasteiger partial charge >= 0.3 is 0 Å². The highest BCUT2D eigenvalue weighted by molar-refractivity contribution is 14.0. The van der Waals surface area contributed by atoms with E-state index in [-0.39, 0.29) is 29.4 Å². The van der Waals surface area contributed by atoms with Crippen LogP contribution in [0, 0.1) is 6.92 Å². The van der Waals surface area contributed by atoms with Gasteiger partial charge in [-0.2, -0.15) is 0 Å². The molecule has 2 N–H and O–H groups in total. The highest BCUT2D eigenvalue weighted by atomic mass is 127. The first kappa shape index (κ1) is 20.5. The summed E-state index contributed by atoms with van der Waals surface area (Å²) in [6.45, 7) is 3.74. The summed E-state index contributed by atoms with van der Waals surface area (Å²) in [4.78, 5) is 8.80. The molecule has 0 bridgehead atoms. The first-order valence-electron chi connectivity index (χ1n) is 8.23. The van der Waals surface area contributed by atoms with Crippen molar-refractivity contribution in [1.29, 1.82) is 0 Å². The van der Waals surface area contributed by atoms with E-state index in [9.17, 15) is 0 Å². The lowest BCUT2D eigenvalue weighted by molar-refractivity contribution is 0.645. The fourth-order valence-electron chi connectivity index (χ4n) is 2.84. The summed E-state index contributed by atoms with van der Waals surface area (Å²) in [6, 6.07) is 8.20. The second-order valence-electron chi connectivity index (χ2n) is 6.25. The Hall–Kier alpha value is -0.860. The summed E-state index contributed by atoms with van der Waals surface area (Å²) in [6.07, 6.45) is 3.29. The SMILES string of the molecule is CN=C(NCCc1csc(C)n1)NCC1(c2cccc(Cl)c2)CC1.I. The molecule has 25 heavy (non-hydrogen) atoms. The minimum atomic E-state index is 0. The zero-order valence-electron chi connectivity index (χ0n) is 14.5. The lowest BCUT2D eigenvalue weighted by atomic mass is 9.96. The number of guanidine groups is 1. The molecule has 0 aliphatic heterocycles. The highest BCUT2D eigenvalue weighted by Gasteiger charge is 2.44. The maximum Gasteiger partial charge on any atom is 0.191 e. The van der Waals surface area contributed by atoms with Crippen LogP contribution >= 0.6 is 46.9 Å². The van der Waals surface area contributed by atoms with Crippen molar-refractivity contribution in [2.45, 2.75) is 31.6 Å². The van der Waals surface area contributed by atoms with Gasteiger partial charge in [-0.15, -0.1) is 35.3 Å². The zero-order valence-corrected chi connectivity index (χ0v) is 18.4. The molecule has 1 fully saturated rings. The molecule has 1 aromatic carbocycles. The number of hydrogen-bond acceptors (Lipinski definition) is 3. The fraction of sp³-hybridized carbons (Fsp3) is 0.444. The Morgan fingerprint density at radius 3 is 2.76 bits per heavy atom. The van der Waals surface area contributed by atoms with Crippen LogP contribution in [-0.2, 0) is 11.8 Å². The number of benzene rings is 1. The lowest BCUT2D eigenvalue weighted by Crippen LogP contribution is -2.42. The summed E-state index contributed by atoms with van der Waals surface area (Å²) in [7, 11) is 1.81. The third kappa shape index (κ3) is 5.56. The smallest absolute Gasteiger partial charge is 0.191 e. The average molecular weight is 491 g/mol. The van der Waals surface area contributed by atoms with Gasteiger partial charge < -0.3 is 10.6 Å². The molecule has 3 rings (SSSR count). The minimum Gasteiger partial charge on any atom is -0.356 e. The molecule has 1 heterocycles. The highest BCUT2D eigenvalue weighted by Crippen LogP contribution is 2.48. The van der Waals surface area contributed by atoms with E-state index in [1.807, 2.05) is 19.1 Å². The molecule has 7 heteroatoms. The van der Waals surface area contributed by atoms with Gasteiger partial charge in [0, 0.05) is 42.4 Å². The third-order valence-electron chi connectivity index (χ3n) is 4.45. The van der Waals surface area contributed by atoms with Crippen molar-refractivity contribution in [2.24, 2.45) is 4.99 Å². The first-order chi connectivity index (χ1) is 11.6. The molecule has 1 aliphatic carbocycles. The third-order valence-corrected chi connectivity index (χ3v) is 5.51. The topological polar surface area (TPSA) is 49.3 Å². The van der Waals surface area contributed by atoms with Gasteiger partial charge in [-0.3, -0.25) is 4.99 Å². The van der Waals surface area contributed by atoms with Crippen molar-refractivity contribution in [3.63, 3.8) is 0 Å². The van der Waals surface area contributed by atoms with E-state index < -0.39 is 0 Å². The van der Waals surface area contributed by atoms with E-state index in [1.54, 1.807) is 18.4 Å². The number of nitrogens with one attached hydrogen (secondary N) is 2. The average Bonchev–Trinajstić information content (AvgIpc) is 3.26. The summed E-state index contributed by atoms with van der Waals surface area (Å²) in [5.74, 6) is 0.843. The van der Waals surface area contributed by atoms with Crippen LogP contribution in [0.2, 0.25) is 5.02 Å². The molecule has 4 nitrogen and oxygen atoms in total. The van der Waals surface area contributed by atoms with Crippen LogP contribution in [0.25, 0.3) is 0 Å². The number of hydrogen-bond donors (Lipinski definition) is 2. The lowest BCUT2D eigenvalue weighted by Gasteiger charge is -2.19. The van der Waals surface area contributed by atoms with Gasteiger partial charge in [-0.05, 0) is 37.5 Å². The van der Waals surface area contributed by atoms with Crippen molar-refractivity contribution in [1.82, 2.24) is 15.6 Å².